The van der Waals surface area contributed by atoms with Crippen LogP contribution in [0.15, 0.2) is 92.4 Å². The fourth-order valence-electron chi connectivity index (χ4n) is 2.70. The Hall–Kier alpha value is -1.39. The molecule has 2 aromatic rings. The van der Waals surface area contributed by atoms with E-state index in [-0.39, 0.29) is 11.9 Å². The molecule has 0 N–H and O–H groups in total. The molecule has 0 spiro atoms. The first-order valence-corrected chi connectivity index (χ1v) is 16.4. The standard InChI is InChI=1S/C28H34O4S5/c1-19(2)27(29)31-15-17-33-21(5)35-23-7-11-25(12-8-23)37-26-13-9-24(10-14-26)36-22(6)34-18-16-32-28(30)20(3)4/h7-14,21-22H,1,3,15-18H2,2,4-6H3. The van der Waals surface area contributed by atoms with Crippen molar-refractivity contribution in [2.24, 2.45) is 0 Å². The van der Waals surface area contributed by atoms with Crippen LogP contribution in [0.25, 0.3) is 0 Å². The molecule has 4 nitrogen and oxygen atoms in total. The lowest BCUT2D eigenvalue weighted by Gasteiger charge is -2.12. The average molecular weight is 595 g/mol. The van der Waals surface area contributed by atoms with Gasteiger partial charge < -0.3 is 9.47 Å². The minimum Gasteiger partial charge on any atom is -0.461 e. The van der Waals surface area contributed by atoms with E-state index in [4.69, 9.17) is 9.47 Å². The molecule has 0 aliphatic carbocycles. The Bertz CT molecular complexity index is 954. The van der Waals surface area contributed by atoms with Gasteiger partial charge in [-0.1, -0.05) is 24.9 Å². The monoisotopic (exact) mass is 594 g/mol. The molecule has 0 aliphatic heterocycles. The number of carbonyl (C=O) groups is 2. The number of rotatable bonds is 16. The Kier molecular flexibility index (Phi) is 14.8. The van der Waals surface area contributed by atoms with Gasteiger partial charge in [-0.05, 0) is 76.2 Å². The molecule has 2 atom stereocenters. The molecule has 0 aliphatic rings. The number of hydrogen-bond donors (Lipinski definition) is 0. The zero-order valence-electron chi connectivity index (χ0n) is 21.7. The molecular weight excluding hydrogens is 561 g/mol. The highest BCUT2D eigenvalue weighted by atomic mass is 32.2. The van der Waals surface area contributed by atoms with Crippen LogP contribution in [0.1, 0.15) is 27.7 Å². The van der Waals surface area contributed by atoms with Gasteiger partial charge in [-0.3, -0.25) is 0 Å². The van der Waals surface area contributed by atoms with Crippen LogP contribution in [0, 0.1) is 0 Å². The molecule has 2 rings (SSSR count). The van der Waals surface area contributed by atoms with Crippen LogP contribution in [0.5, 0.6) is 0 Å². The first kappa shape index (κ1) is 31.8. The summed E-state index contributed by atoms with van der Waals surface area (Å²) in [5, 5.41) is 0. The molecule has 200 valence electrons. The van der Waals surface area contributed by atoms with Gasteiger partial charge in [0.05, 0.1) is 9.16 Å². The van der Waals surface area contributed by atoms with E-state index in [1.165, 1.54) is 19.6 Å². The average Bonchev–Trinajstić information content (AvgIpc) is 2.86. The minimum atomic E-state index is -0.327. The summed E-state index contributed by atoms with van der Waals surface area (Å²) in [5.41, 5.74) is 0.864. The van der Waals surface area contributed by atoms with Crippen molar-refractivity contribution in [2.45, 2.75) is 56.4 Å². The van der Waals surface area contributed by atoms with Crippen LogP contribution < -0.4 is 0 Å². The maximum atomic E-state index is 11.4. The number of ether oxygens (including phenoxy) is 2. The van der Waals surface area contributed by atoms with Crippen molar-refractivity contribution in [3.05, 3.63) is 72.8 Å². The molecule has 0 aromatic heterocycles. The fourth-order valence-corrected chi connectivity index (χ4v) is 7.68. The van der Waals surface area contributed by atoms with E-state index in [2.05, 4.69) is 75.5 Å². The van der Waals surface area contributed by atoms with Gasteiger partial charge in [0.1, 0.15) is 13.2 Å². The predicted octanol–water partition coefficient (Wildman–Crippen LogP) is 8.42. The third-order valence-corrected chi connectivity index (χ3v) is 10.4. The Morgan fingerprint density at radius 3 is 1.32 bits per heavy atom. The van der Waals surface area contributed by atoms with Gasteiger partial charge in [0, 0.05) is 42.2 Å². The quantitative estimate of drug-likeness (QED) is 0.0626. The molecular formula is C28H34O4S5. The number of hydrogen-bond acceptors (Lipinski definition) is 9. The first-order chi connectivity index (χ1) is 17.6. The van der Waals surface area contributed by atoms with E-state index < -0.39 is 0 Å². The van der Waals surface area contributed by atoms with Crippen molar-refractivity contribution in [1.29, 1.82) is 0 Å². The van der Waals surface area contributed by atoms with E-state index in [9.17, 15) is 9.59 Å². The summed E-state index contributed by atoms with van der Waals surface area (Å²) in [7, 11) is 0. The lowest BCUT2D eigenvalue weighted by Crippen LogP contribution is -2.08. The first-order valence-electron chi connectivity index (χ1n) is 11.7. The highest BCUT2D eigenvalue weighted by molar-refractivity contribution is 8.17. The summed E-state index contributed by atoms with van der Waals surface area (Å²) in [5.74, 6) is 0.869. The molecule has 0 heterocycles. The highest BCUT2D eigenvalue weighted by Gasteiger charge is 2.09. The Morgan fingerprint density at radius 1 is 0.676 bits per heavy atom. The topological polar surface area (TPSA) is 52.6 Å². The molecule has 0 saturated carbocycles. The normalized spacial score (nSPS) is 12.4. The van der Waals surface area contributed by atoms with Crippen LogP contribution >= 0.6 is 58.8 Å². The lowest BCUT2D eigenvalue weighted by molar-refractivity contribution is -0.139. The van der Waals surface area contributed by atoms with E-state index in [0.717, 1.165) is 11.5 Å². The Labute approximate surface area is 242 Å². The Balaban J connectivity index is 1.71. The van der Waals surface area contributed by atoms with Gasteiger partial charge in [0.15, 0.2) is 0 Å². The van der Waals surface area contributed by atoms with Gasteiger partial charge in [-0.25, -0.2) is 9.59 Å². The van der Waals surface area contributed by atoms with Crippen LogP contribution in [0.4, 0.5) is 0 Å². The summed E-state index contributed by atoms with van der Waals surface area (Å²) in [6, 6.07) is 17.2. The summed E-state index contributed by atoms with van der Waals surface area (Å²) < 4.78 is 11.0. The SMILES string of the molecule is C=C(C)C(=O)OCCSC(C)Sc1ccc(Sc2ccc(SC(C)SCCOC(=O)C(=C)C)cc2)cc1. The second-order valence-electron chi connectivity index (χ2n) is 7.99. The summed E-state index contributed by atoms with van der Waals surface area (Å²) >= 11 is 8.89. The van der Waals surface area contributed by atoms with Gasteiger partial charge >= 0.3 is 11.9 Å². The fraction of sp³-hybridized carbons (Fsp3) is 0.357. The molecule has 2 unspecified atom stereocenters. The summed E-state index contributed by atoms with van der Waals surface area (Å²) in [6.07, 6.45) is 0. The highest BCUT2D eigenvalue weighted by Crippen LogP contribution is 2.35. The molecule has 0 bridgehead atoms. The molecule has 37 heavy (non-hydrogen) atoms. The molecule has 0 radical (unpaired) electrons. The van der Waals surface area contributed by atoms with Gasteiger partial charge in [-0.15, -0.1) is 47.0 Å². The van der Waals surface area contributed by atoms with E-state index in [1.54, 1.807) is 72.7 Å². The molecule has 0 fully saturated rings. The van der Waals surface area contributed by atoms with Gasteiger partial charge in [0.25, 0.3) is 0 Å². The molecule has 0 amide bonds. The third-order valence-electron chi connectivity index (χ3n) is 4.52. The zero-order chi connectivity index (χ0) is 27.2. The number of benzene rings is 2. The van der Waals surface area contributed by atoms with Gasteiger partial charge in [-0.2, -0.15) is 0 Å². The van der Waals surface area contributed by atoms with Crippen LogP contribution in [0.3, 0.4) is 0 Å². The van der Waals surface area contributed by atoms with Gasteiger partial charge in [0.2, 0.25) is 0 Å². The zero-order valence-corrected chi connectivity index (χ0v) is 25.8. The van der Waals surface area contributed by atoms with Crippen LogP contribution in [-0.4, -0.2) is 45.8 Å². The minimum absolute atomic E-state index is 0.327. The van der Waals surface area contributed by atoms with E-state index in [0.29, 0.717) is 33.5 Å². The largest absolute Gasteiger partial charge is 0.461 e. The van der Waals surface area contributed by atoms with Crippen molar-refractivity contribution >= 4 is 70.7 Å². The molecule has 2 aromatic carbocycles. The predicted molar refractivity (Wildman–Crippen MR) is 164 cm³/mol. The summed E-state index contributed by atoms with van der Waals surface area (Å²) in [6.45, 7) is 15.6. The maximum absolute atomic E-state index is 11.4. The van der Waals surface area contributed by atoms with Crippen molar-refractivity contribution < 1.29 is 19.1 Å². The second-order valence-corrected chi connectivity index (χ2v) is 15.5. The molecule has 0 saturated heterocycles. The second kappa shape index (κ2) is 17.2. The van der Waals surface area contributed by atoms with Crippen molar-refractivity contribution in [2.75, 3.05) is 24.7 Å². The Morgan fingerprint density at radius 2 is 1.00 bits per heavy atom. The van der Waals surface area contributed by atoms with E-state index in [1.807, 2.05) is 0 Å². The summed E-state index contributed by atoms with van der Waals surface area (Å²) in [4.78, 5) is 27.7. The number of carbonyl (C=O) groups excluding carboxylic acids is 2. The lowest BCUT2D eigenvalue weighted by atomic mass is 10.4. The van der Waals surface area contributed by atoms with Crippen molar-refractivity contribution in [3.63, 3.8) is 0 Å². The van der Waals surface area contributed by atoms with Crippen LogP contribution in [0.2, 0.25) is 0 Å². The smallest absolute Gasteiger partial charge is 0.333 e. The third kappa shape index (κ3) is 13.3. The van der Waals surface area contributed by atoms with E-state index >= 15 is 0 Å². The van der Waals surface area contributed by atoms with Crippen molar-refractivity contribution in [1.82, 2.24) is 0 Å². The number of thioether (sulfide) groups is 4. The molecule has 9 heteroatoms. The van der Waals surface area contributed by atoms with Crippen molar-refractivity contribution in [3.8, 4) is 0 Å². The number of esters is 2. The van der Waals surface area contributed by atoms with Crippen LogP contribution in [-0.2, 0) is 19.1 Å². The maximum Gasteiger partial charge on any atom is 0.333 e.